The van der Waals surface area contributed by atoms with E-state index in [-0.39, 0.29) is 33.9 Å². The monoisotopic (exact) mass is 434 g/mol. The van der Waals surface area contributed by atoms with Crippen LogP contribution >= 0.6 is 0 Å². The van der Waals surface area contributed by atoms with Crippen molar-refractivity contribution in [1.29, 1.82) is 0 Å². The lowest BCUT2D eigenvalue weighted by Gasteiger charge is -2.11. The van der Waals surface area contributed by atoms with Gasteiger partial charge in [0, 0.05) is 34.6 Å². The fraction of sp³-hybridized carbons (Fsp3) is 0.0909. The van der Waals surface area contributed by atoms with Crippen LogP contribution in [0.25, 0.3) is 0 Å². The van der Waals surface area contributed by atoms with Gasteiger partial charge in [0.25, 0.3) is 23.2 Å². The molecule has 0 aliphatic heterocycles. The van der Waals surface area contributed by atoms with Crippen molar-refractivity contribution in [2.75, 3.05) is 10.6 Å². The molecule has 3 aromatic rings. The molecule has 10 heteroatoms. The average molecular weight is 434 g/mol. The molecule has 0 radical (unpaired) electrons. The third kappa shape index (κ3) is 4.75. The first-order valence-electron chi connectivity index (χ1n) is 9.39. The molecule has 0 fully saturated rings. The van der Waals surface area contributed by atoms with Gasteiger partial charge in [0.05, 0.1) is 21.0 Å². The lowest BCUT2D eigenvalue weighted by Crippen LogP contribution is -2.20. The summed E-state index contributed by atoms with van der Waals surface area (Å²) in [5, 5.41) is 27.4. The first kappa shape index (κ1) is 22.1. The van der Waals surface area contributed by atoms with Crippen molar-refractivity contribution >= 4 is 34.6 Å². The Kier molecular flexibility index (Phi) is 6.24. The van der Waals surface area contributed by atoms with Crippen molar-refractivity contribution < 1.29 is 19.4 Å². The Balaban J connectivity index is 1.86. The third-order valence-corrected chi connectivity index (χ3v) is 4.74. The summed E-state index contributed by atoms with van der Waals surface area (Å²) >= 11 is 0. The van der Waals surface area contributed by atoms with Crippen molar-refractivity contribution in [3.63, 3.8) is 0 Å². The van der Waals surface area contributed by atoms with E-state index in [2.05, 4.69) is 10.6 Å². The Labute approximate surface area is 182 Å². The van der Waals surface area contributed by atoms with E-state index in [1.807, 2.05) is 0 Å². The molecule has 0 aromatic heterocycles. The van der Waals surface area contributed by atoms with Crippen LogP contribution in [0, 0.1) is 34.1 Å². The second kappa shape index (κ2) is 9.04. The molecule has 162 valence electrons. The van der Waals surface area contributed by atoms with Gasteiger partial charge in [-0.25, -0.2) is 0 Å². The maximum absolute atomic E-state index is 12.8. The van der Waals surface area contributed by atoms with Gasteiger partial charge >= 0.3 is 0 Å². The van der Waals surface area contributed by atoms with Gasteiger partial charge in [0.15, 0.2) is 0 Å². The summed E-state index contributed by atoms with van der Waals surface area (Å²) in [6.07, 6.45) is 0. The largest absolute Gasteiger partial charge is 0.322 e. The predicted octanol–water partition coefficient (Wildman–Crippen LogP) is 4.62. The molecule has 0 unspecified atom stereocenters. The van der Waals surface area contributed by atoms with Crippen molar-refractivity contribution in [2.45, 2.75) is 13.8 Å². The van der Waals surface area contributed by atoms with Gasteiger partial charge in [0.2, 0.25) is 0 Å². The fourth-order valence-electron chi connectivity index (χ4n) is 3.04. The molecule has 0 aliphatic rings. The van der Waals surface area contributed by atoms with E-state index in [1.165, 1.54) is 48.5 Å². The summed E-state index contributed by atoms with van der Waals surface area (Å²) in [5.41, 5.74) is 1.09. The molecule has 3 rings (SSSR count). The van der Waals surface area contributed by atoms with E-state index >= 15 is 0 Å². The lowest BCUT2D eigenvalue weighted by molar-refractivity contribution is -0.385. The molecule has 2 amide bonds. The molecule has 0 saturated carbocycles. The Bertz CT molecular complexity index is 1160. The van der Waals surface area contributed by atoms with Crippen LogP contribution < -0.4 is 10.6 Å². The number of anilines is 2. The second-order valence-electron chi connectivity index (χ2n) is 6.97. The second-order valence-corrected chi connectivity index (χ2v) is 6.97. The predicted molar refractivity (Wildman–Crippen MR) is 118 cm³/mol. The highest BCUT2D eigenvalue weighted by Crippen LogP contribution is 2.25. The van der Waals surface area contributed by atoms with Crippen LogP contribution in [0.4, 0.5) is 22.7 Å². The molecule has 0 aliphatic carbocycles. The number of nitro groups is 2. The van der Waals surface area contributed by atoms with Crippen molar-refractivity contribution in [2.24, 2.45) is 0 Å². The first-order valence-corrected chi connectivity index (χ1v) is 9.39. The summed E-state index contributed by atoms with van der Waals surface area (Å²) in [4.78, 5) is 46.8. The highest BCUT2D eigenvalue weighted by molar-refractivity contribution is 6.15. The Morgan fingerprint density at radius 1 is 0.688 bits per heavy atom. The molecular formula is C22H18N4O6. The molecular weight excluding hydrogens is 416 g/mol. The van der Waals surface area contributed by atoms with E-state index in [1.54, 1.807) is 26.0 Å². The van der Waals surface area contributed by atoms with Crippen molar-refractivity contribution in [1.82, 2.24) is 0 Å². The highest BCUT2D eigenvalue weighted by atomic mass is 16.6. The van der Waals surface area contributed by atoms with Gasteiger partial charge < -0.3 is 10.6 Å². The number of hydrogen-bond donors (Lipinski definition) is 2. The van der Waals surface area contributed by atoms with Crippen molar-refractivity contribution in [3.8, 4) is 0 Å². The lowest BCUT2D eigenvalue weighted by atomic mass is 10.1. The van der Waals surface area contributed by atoms with Crippen LogP contribution in [-0.2, 0) is 0 Å². The zero-order chi connectivity index (χ0) is 23.4. The first-order chi connectivity index (χ1) is 15.2. The number of rotatable bonds is 6. The number of carbonyl (C=O) groups excluding carboxylic acids is 2. The Hall–Kier alpha value is -4.60. The smallest absolute Gasteiger partial charge is 0.274 e. The molecule has 0 spiro atoms. The molecule has 0 heterocycles. The van der Waals surface area contributed by atoms with E-state index in [0.29, 0.717) is 11.1 Å². The minimum absolute atomic E-state index is 0.0369. The number of nitrogens with one attached hydrogen (secondary N) is 2. The van der Waals surface area contributed by atoms with E-state index < -0.39 is 21.7 Å². The van der Waals surface area contributed by atoms with E-state index in [0.717, 1.165) is 0 Å². The number of amides is 2. The molecule has 10 nitrogen and oxygen atoms in total. The van der Waals surface area contributed by atoms with Gasteiger partial charge in [-0.1, -0.05) is 24.3 Å². The summed E-state index contributed by atoms with van der Waals surface area (Å²) in [6, 6.07) is 14.5. The maximum atomic E-state index is 12.8. The van der Waals surface area contributed by atoms with Crippen molar-refractivity contribution in [3.05, 3.63) is 103 Å². The van der Waals surface area contributed by atoms with Crippen LogP contribution in [0.2, 0.25) is 0 Å². The zero-order valence-corrected chi connectivity index (χ0v) is 17.1. The molecule has 3 aromatic carbocycles. The van der Waals surface area contributed by atoms with Crippen LogP contribution in [-0.4, -0.2) is 21.7 Å². The number of benzene rings is 3. The minimum Gasteiger partial charge on any atom is -0.322 e. The molecule has 2 N–H and O–H groups in total. The molecule has 0 saturated heterocycles. The Morgan fingerprint density at radius 2 is 1.06 bits per heavy atom. The van der Waals surface area contributed by atoms with Gasteiger partial charge in [-0.3, -0.25) is 29.8 Å². The zero-order valence-electron chi connectivity index (χ0n) is 17.1. The van der Waals surface area contributed by atoms with Crippen LogP contribution in [0.1, 0.15) is 31.8 Å². The van der Waals surface area contributed by atoms with Gasteiger partial charge in [-0.2, -0.15) is 0 Å². The van der Waals surface area contributed by atoms with Gasteiger partial charge in [-0.05, 0) is 38.1 Å². The number of hydrogen-bond acceptors (Lipinski definition) is 6. The normalized spacial score (nSPS) is 10.3. The molecule has 0 bridgehead atoms. The minimum atomic E-state index is -0.635. The SMILES string of the molecule is Cc1ccc(NC(=O)c2ccccc2C(=O)Nc2ccc(C)c([N+](=O)[O-])c2)cc1[N+](=O)[O-]. The number of nitrogens with zero attached hydrogens (tertiary/aromatic N) is 2. The summed E-state index contributed by atoms with van der Waals surface area (Å²) in [7, 11) is 0. The summed E-state index contributed by atoms with van der Waals surface area (Å²) in [5.74, 6) is -1.27. The average Bonchev–Trinajstić information content (AvgIpc) is 2.76. The number of carbonyl (C=O) groups is 2. The number of aryl methyl sites for hydroxylation is 2. The third-order valence-electron chi connectivity index (χ3n) is 4.74. The van der Waals surface area contributed by atoms with Gasteiger partial charge in [-0.15, -0.1) is 0 Å². The quantitative estimate of drug-likeness (QED) is 0.428. The fourth-order valence-corrected chi connectivity index (χ4v) is 3.04. The van der Waals surface area contributed by atoms with Crippen LogP contribution in [0.3, 0.4) is 0 Å². The molecule has 0 atom stereocenters. The van der Waals surface area contributed by atoms with E-state index in [9.17, 15) is 29.8 Å². The Morgan fingerprint density at radius 3 is 1.41 bits per heavy atom. The van der Waals surface area contributed by atoms with Gasteiger partial charge in [0.1, 0.15) is 0 Å². The van der Waals surface area contributed by atoms with E-state index in [4.69, 9.17) is 0 Å². The number of nitro benzene ring substituents is 2. The highest BCUT2D eigenvalue weighted by Gasteiger charge is 2.19. The topological polar surface area (TPSA) is 144 Å². The summed E-state index contributed by atoms with van der Waals surface area (Å²) < 4.78 is 0. The maximum Gasteiger partial charge on any atom is 0.274 e. The van der Waals surface area contributed by atoms with Crippen LogP contribution in [0.15, 0.2) is 60.7 Å². The molecule has 32 heavy (non-hydrogen) atoms. The van der Waals surface area contributed by atoms with Crippen LogP contribution in [0.5, 0.6) is 0 Å². The summed E-state index contributed by atoms with van der Waals surface area (Å²) in [6.45, 7) is 3.16. The standard InChI is InChI=1S/C22H18N4O6/c1-13-7-9-15(11-19(13)25(29)30)23-21(27)17-5-3-4-6-18(17)22(28)24-16-10-8-14(2)20(12-16)26(31)32/h3-12H,1-2H3,(H,23,27)(H,24,28).